The van der Waals surface area contributed by atoms with Gasteiger partial charge in [-0.25, -0.2) is 8.42 Å². The zero-order valence-corrected chi connectivity index (χ0v) is 17.5. The number of hydrogen-bond acceptors (Lipinski definition) is 3. The van der Waals surface area contributed by atoms with E-state index in [1.54, 1.807) is 0 Å². The van der Waals surface area contributed by atoms with Crippen molar-refractivity contribution < 1.29 is 13.2 Å². The monoisotopic (exact) mass is 388 g/mol. The number of nitrogens with one attached hydrogen (secondary N) is 1. The van der Waals surface area contributed by atoms with Gasteiger partial charge in [-0.3, -0.25) is 9.10 Å². The minimum Gasteiger partial charge on any atom is -0.326 e. The number of sulfonamides is 1. The normalized spacial score (nSPS) is 11.3. The van der Waals surface area contributed by atoms with Gasteiger partial charge in [0, 0.05) is 18.7 Å². The second-order valence-corrected chi connectivity index (χ2v) is 8.74. The number of carbonyl (C=O) groups excluding carboxylic acids is 1. The topological polar surface area (TPSA) is 66.5 Å². The predicted molar refractivity (Wildman–Crippen MR) is 112 cm³/mol. The Morgan fingerprint density at radius 2 is 1.56 bits per heavy atom. The molecule has 5 nitrogen and oxygen atoms in total. The number of aryl methyl sites for hydroxylation is 4. The van der Waals surface area contributed by atoms with Crippen LogP contribution in [-0.2, 0) is 21.2 Å². The smallest absolute Gasteiger partial charge is 0.232 e. The van der Waals surface area contributed by atoms with Gasteiger partial charge >= 0.3 is 0 Å². The van der Waals surface area contributed by atoms with E-state index in [9.17, 15) is 13.2 Å². The molecule has 0 aliphatic rings. The molecule has 0 saturated heterocycles. The first-order chi connectivity index (χ1) is 12.6. The molecular formula is C21H28N2O3S. The molecule has 0 heterocycles. The van der Waals surface area contributed by atoms with E-state index in [-0.39, 0.29) is 18.9 Å². The largest absolute Gasteiger partial charge is 0.326 e. The first-order valence-corrected chi connectivity index (χ1v) is 10.9. The Bertz CT molecular complexity index is 916. The minimum atomic E-state index is -3.50. The van der Waals surface area contributed by atoms with Crippen LogP contribution in [0.4, 0.5) is 11.4 Å². The molecule has 146 valence electrons. The van der Waals surface area contributed by atoms with Gasteiger partial charge in [0.2, 0.25) is 15.9 Å². The highest BCUT2D eigenvalue weighted by Crippen LogP contribution is 2.27. The molecule has 27 heavy (non-hydrogen) atoms. The predicted octanol–water partition coefficient (Wildman–Crippen LogP) is 3.97. The first kappa shape index (κ1) is 21.0. The van der Waals surface area contributed by atoms with Crippen LogP contribution >= 0.6 is 0 Å². The molecule has 0 spiro atoms. The fraction of sp³-hybridized carbons (Fsp3) is 0.381. The Labute approximate surface area is 162 Å². The van der Waals surface area contributed by atoms with Crippen molar-refractivity contribution in [3.63, 3.8) is 0 Å². The summed E-state index contributed by atoms with van der Waals surface area (Å²) >= 11 is 0. The first-order valence-electron chi connectivity index (χ1n) is 9.07. The highest BCUT2D eigenvalue weighted by molar-refractivity contribution is 7.92. The molecule has 1 N–H and O–H groups in total. The van der Waals surface area contributed by atoms with E-state index in [2.05, 4.69) is 5.32 Å². The van der Waals surface area contributed by atoms with Crippen LogP contribution in [0.15, 0.2) is 36.4 Å². The fourth-order valence-corrected chi connectivity index (χ4v) is 4.29. The zero-order chi connectivity index (χ0) is 20.2. The molecular weight excluding hydrogens is 360 g/mol. The van der Waals surface area contributed by atoms with Gasteiger partial charge in [0.15, 0.2) is 0 Å². The number of amides is 1. The third-order valence-electron chi connectivity index (χ3n) is 4.64. The highest BCUT2D eigenvalue weighted by Gasteiger charge is 2.22. The lowest BCUT2D eigenvalue weighted by atomic mass is 10.1. The molecule has 0 aliphatic carbocycles. The summed E-state index contributed by atoms with van der Waals surface area (Å²) in [7, 11) is -3.50. The number of carbonyl (C=O) groups is 1. The number of benzene rings is 2. The summed E-state index contributed by atoms with van der Waals surface area (Å²) in [5.74, 6) is -0.195. The van der Waals surface area contributed by atoms with Crippen LogP contribution < -0.4 is 9.62 Å². The van der Waals surface area contributed by atoms with Crippen molar-refractivity contribution in [1.29, 1.82) is 0 Å². The SMILES string of the molecule is CCc1cccc(C)c1NC(=O)CCN(c1c(C)cccc1C)S(C)(=O)=O. The molecule has 0 aromatic heterocycles. The molecule has 1 amide bonds. The minimum absolute atomic E-state index is 0.0817. The lowest BCUT2D eigenvalue weighted by molar-refractivity contribution is -0.116. The summed E-state index contributed by atoms with van der Waals surface area (Å²) in [4.78, 5) is 12.5. The van der Waals surface area contributed by atoms with Crippen molar-refractivity contribution in [1.82, 2.24) is 0 Å². The van der Waals surface area contributed by atoms with Gasteiger partial charge in [0.05, 0.1) is 11.9 Å². The van der Waals surface area contributed by atoms with Crippen molar-refractivity contribution in [2.24, 2.45) is 0 Å². The van der Waals surface area contributed by atoms with Crippen LogP contribution in [0.1, 0.15) is 35.6 Å². The average molecular weight is 389 g/mol. The van der Waals surface area contributed by atoms with Crippen LogP contribution in [0.25, 0.3) is 0 Å². The van der Waals surface area contributed by atoms with Crippen LogP contribution in [-0.4, -0.2) is 27.1 Å². The van der Waals surface area contributed by atoms with E-state index in [1.807, 2.05) is 64.1 Å². The Hall–Kier alpha value is -2.34. The number of hydrogen-bond donors (Lipinski definition) is 1. The van der Waals surface area contributed by atoms with Crippen molar-refractivity contribution in [3.8, 4) is 0 Å². The van der Waals surface area contributed by atoms with Gasteiger partial charge in [-0.05, 0) is 49.4 Å². The summed E-state index contributed by atoms with van der Waals surface area (Å²) in [6.07, 6.45) is 2.07. The highest BCUT2D eigenvalue weighted by atomic mass is 32.2. The quantitative estimate of drug-likeness (QED) is 0.780. The number of nitrogens with zero attached hydrogens (tertiary/aromatic N) is 1. The van der Waals surface area contributed by atoms with Crippen LogP contribution in [0, 0.1) is 20.8 Å². The molecule has 2 aromatic rings. The molecule has 0 fully saturated rings. The van der Waals surface area contributed by atoms with Gasteiger partial charge < -0.3 is 5.32 Å². The Morgan fingerprint density at radius 1 is 1.00 bits per heavy atom. The van der Waals surface area contributed by atoms with Gasteiger partial charge in [-0.2, -0.15) is 0 Å². The fourth-order valence-electron chi connectivity index (χ4n) is 3.25. The summed E-state index contributed by atoms with van der Waals surface area (Å²) in [6, 6.07) is 11.6. The summed E-state index contributed by atoms with van der Waals surface area (Å²) in [5.41, 5.74) is 5.28. The van der Waals surface area contributed by atoms with E-state index >= 15 is 0 Å². The maximum atomic E-state index is 12.5. The number of rotatable bonds is 7. The van der Waals surface area contributed by atoms with Crippen LogP contribution in [0.2, 0.25) is 0 Å². The molecule has 2 rings (SSSR count). The van der Waals surface area contributed by atoms with Gasteiger partial charge in [-0.1, -0.05) is 43.3 Å². The van der Waals surface area contributed by atoms with Crippen molar-refractivity contribution in [2.45, 2.75) is 40.5 Å². The maximum Gasteiger partial charge on any atom is 0.232 e. The summed E-state index contributed by atoms with van der Waals surface area (Å²) < 4.78 is 26.0. The standard InChI is InChI=1S/C21H28N2O3S/c1-6-18-12-8-9-15(2)20(18)22-19(24)13-14-23(27(5,25)26)21-16(3)10-7-11-17(21)4/h7-12H,6,13-14H2,1-5H3,(H,22,24). The molecule has 2 aromatic carbocycles. The lowest BCUT2D eigenvalue weighted by Gasteiger charge is -2.26. The van der Waals surface area contributed by atoms with E-state index in [0.717, 1.165) is 34.4 Å². The van der Waals surface area contributed by atoms with Crippen molar-refractivity contribution in [3.05, 3.63) is 58.7 Å². The second kappa shape index (κ2) is 8.57. The molecule has 0 unspecified atom stereocenters. The molecule has 0 atom stereocenters. The van der Waals surface area contributed by atoms with Gasteiger partial charge in [0.1, 0.15) is 0 Å². The molecule has 0 bridgehead atoms. The summed E-state index contributed by atoms with van der Waals surface area (Å²) in [5, 5.41) is 2.96. The third kappa shape index (κ3) is 5.10. The van der Waals surface area contributed by atoms with E-state index in [4.69, 9.17) is 0 Å². The Kier molecular flexibility index (Phi) is 6.65. The number of anilines is 2. The second-order valence-electron chi connectivity index (χ2n) is 6.84. The van der Waals surface area contributed by atoms with E-state index in [1.165, 1.54) is 10.6 Å². The molecule has 0 radical (unpaired) electrons. The van der Waals surface area contributed by atoms with E-state index < -0.39 is 10.0 Å². The van der Waals surface area contributed by atoms with Gasteiger partial charge in [-0.15, -0.1) is 0 Å². The van der Waals surface area contributed by atoms with Crippen molar-refractivity contribution in [2.75, 3.05) is 22.4 Å². The van der Waals surface area contributed by atoms with Crippen LogP contribution in [0.5, 0.6) is 0 Å². The van der Waals surface area contributed by atoms with Gasteiger partial charge in [0.25, 0.3) is 0 Å². The Balaban J connectivity index is 2.21. The molecule has 6 heteroatoms. The average Bonchev–Trinajstić information content (AvgIpc) is 2.58. The van der Waals surface area contributed by atoms with Crippen LogP contribution in [0.3, 0.4) is 0 Å². The maximum absolute atomic E-state index is 12.5. The lowest BCUT2D eigenvalue weighted by Crippen LogP contribution is -2.34. The van der Waals surface area contributed by atoms with E-state index in [0.29, 0.717) is 5.69 Å². The zero-order valence-electron chi connectivity index (χ0n) is 16.7. The summed E-state index contributed by atoms with van der Waals surface area (Å²) in [6.45, 7) is 7.84. The third-order valence-corrected chi connectivity index (χ3v) is 5.80. The molecule has 0 aliphatic heterocycles. The van der Waals surface area contributed by atoms with Crippen molar-refractivity contribution >= 4 is 27.3 Å². The molecule has 0 saturated carbocycles. The number of para-hydroxylation sites is 2. The Morgan fingerprint density at radius 3 is 2.11 bits per heavy atom.